The predicted molar refractivity (Wildman–Crippen MR) is 128 cm³/mol. The first-order valence-corrected chi connectivity index (χ1v) is 11.8. The van der Waals surface area contributed by atoms with E-state index in [1.807, 2.05) is 57.2 Å². The van der Waals surface area contributed by atoms with Gasteiger partial charge in [-0.3, -0.25) is 9.69 Å². The Morgan fingerprint density at radius 3 is 2.28 bits per heavy atom. The van der Waals surface area contributed by atoms with Gasteiger partial charge in [-0.15, -0.1) is 0 Å². The number of hydrogen-bond acceptors (Lipinski definition) is 5. The first-order chi connectivity index (χ1) is 15.3. The van der Waals surface area contributed by atoms with Crippen LogP contribution in [0.5, 0.6) is 17.2 Å². The molecular weight excluding hydrogens is 426 g/mol. The minimum atomic E-state index is -0.423. The largest absolute Gasteiger partial charge is 0.492 e. The van der Waals surface area contributed by atoms with Gasteiger partial charge in [0, 0.05) is 17.5 Å². The molecule has 1 saturated heterocycles. The molecule has 2 aromatic carbocycles. The van der Waals surface area contributed by atoms with Crippen LogP contribution in [0.1, 0.15) is 52.9 Å². The Hall–Kier alpha value is -2.24. The highest BCUT2D eigenvalue weighted by Crippen LogP contribution is 2.26. The lowest BCUT2D eigenvalue weighted by molar-refractivity contribution is -0.155. The Bertz CT molecular complexity index is 846. The lowest BCUT2D eigenvalue weighted by Gasteiger charge is -2.35. The zero-order valence-electron chi connectivity index (χ0n) is 19.3. The molecule has 0 aliphatic carbocycles. The van der Waals surface area contributed by atoms with E-state index < -0.39 is 5.60 Å². The van der Waals surface area contributed by atoms with E-state index in [-0.39, 0.29) is 5.97 Å². The van der Waals surface area contributed by atoms with Crippen molar-refractivity contribution in [3.8, 4) is 17.2 Å². The summed E-state index contributed by atoms with van der Waals surface area (Å²) in [4.78, 5) is 14.4. The minimum absolute atomic E-state index is 0.122. The topological polar surface area (TPSA) is 48.0 Å². The van der Waals surface area contributed by atoms with E-state index in [0.717, 1.165) is 43.2 Å². The Labute approximate surface area is 196 Å². The standard InChI is InChI=1S/C26H34ClNO4/c1-26(2,3)32-25(29)8-6-18-28-17-5-4-7-21(28)19-30-22-13-15-24(16-14-22)31-23-11-9-20(27)10-12-23/h9-16,21H,4-8,17-19H2,1-3H3. The van der Waals surface area contributed by atoms with E-state index in [1.54, 1.807) is 12.1 Å². The number of esters is 1. The van der Waals surface area contributed by atoms with Gasteiger partial charge in [-0.05, 0) is 102 Å². The van der Waals surface area contributed by atoms with E-state index >= 15 is 0 Å². The van der Waals surface area contributed by atoms with Gasteiger partial charge in [0.05, 0.1) is 0 Å². The van der Waals surface area contributed by atoms with Crippen molar-refractivity contribution < 1.29 is 19.0 Å². The molecule has 0 aromatic heterocycles. The fraction of sp³-hybridized carbons (Fsp3) is 0.500. The van der Waals surface area contributed by atoms with Crippen LogP contribution in [0.2, 0.25) is 5.02 Å². The minimum Gasteiger partial charge on any atom is -0.492 e. The second kappa shape index (κ2) is 11.6. The Balaban J connectivity index is 1.44. The van der Waals surface area contributed by atoms with Crippen molar-refractivity contribution >= 4 is 17.6 Å². The summed E-state index contributed by atoms with van der Waals surface area (Å²) in [5, 5.41) is 0.683. The molecule has 6 heteroatoms. The van der Waals surface area contributed by atoms with E-state index in [0.29, 0.717) is 24.1 Å². The van der Waals surface area contributed by atoms with E-state index in [9.17, 15) is 4.79 Å². The highest BCUT2D eigenvalue weighted by molar-refractivity contribution is 6.30. The quantitative estimate of drug-likeness (QED) is 0.401. The van der Waals surface area contributed by atoms with Crippen LogP contribution in [0.4, 0.5) is 0 Å². The molecule has 2 aromatic rings. The number of piperidine rings is 1. The molecule has 0 saturated carbocycles. The molecule has 0 spiro atoms. The summed E-state index contributed by atoms with van der Waals surface area (Å²) in [7, 11) is 0. The third kappa shape index (κ3) is 8.36. The predicted octanol–water partition coefficient (Wildman–Crippen LogP) is 6.49. The molecule has 1 atom stereocenters. The lowest BCUT2D eigenvalue weighted by atomic mass is 10.0. The number of rotatable bonds is 9. The van der Waals surface area contributed by atoms with Crippen LogP contribution in [-0.2, 0) is 9.53 Å². The molecule has 1 unspecified atom stereocenters. The van der Waals surface area contributed by atoms with Crippen molar-refractivity contribution in [2.75, 3.05) is 19.7 Å². The average molecular weight is 460 g/mol. The number of halogens is 1. The molecule has 3 rings (SSSR count). The van der Waals surface area contributed by atoms with E-state index in [4.69, 9.17) is 25.8 Å². The van der Waals surface area contributed by atoms with Crippen molar-refractivity contribution in [1.82, 2.24) is 4.90 Å². The molecule has 0 bridgehead atoms. The molecule has 0 amide bonds. The van der Waals surface area contributed by atoms with Gasteiger partial charge in [0.15, 0.2) is 0 Å². The number of nitrogens with zero attached hydrogens (tertiary/aromatic N) is 1. The number of carbonyl (C=O) groups excluding carboxylic acids is 1. The summed E-state index contributed by atoms with van der Waals surface area (Å²) in [6.07, 6.45) is 4.78. The Morgan fingerprint density at radius 1 is 1.00 bits per heavy atom. The highest BCUT2D eigenvalue weighted by atomic mass is 35.5. The van der Waals surface area contributed by atoms with Crippen LogP contribution in [-0.4, -0.2) is 42.2 Å². The van der Waals surface area contributed by atoms with Crippen molar-refractivity contribution in [2.24, 2.45) is 0 Å². The maximum atomic E-state index is 12.0. The maximum Gasteiger partial charge on any atom is 0.306 e. The van der Waals surface area contributed by atoms with Crippen molar-refractivity contribution in [3.63, 3.8) is 0 Å². The van der Waals surface area contributed by atoms with E-state index in [2.05, 4.69) is 4.90 Å². The zero-order chi connectivity index (χ0) is 23.0. The van der Waals surface area contributed by atoms with Crippen LogP contribution in [0.15, 0.2) is 48.5 Å². The molecule has 1 heterocycles. The van der Waals surface area contributed by atoms with Crippen LogP contribution in [0.3, 0.4) is 0 Å². The zero-order valence-corrected chi connectivity index (χ0v) is 20.1. The summed E-state index contributed by atoms with van der Waals surface area (Å²) >= 11 is 5.91. The summed E-state index contributed by atoms with van der Waals surface area (Å²) in [5.41, 5.74) is -0.423. The molecule has 1 aliphatic rings. The molecule has 1 fully saturated rings. The van der Waals surface area contributed by atoms with E-state index in [1.165, 1.54) is 12.8 Å². The third-order valence-electron chi connectivity index (χ3n) is 5.31. The first-order valence-electron chi connectivity index (χ1n) is 11.4. The maximum absolute atomic E-state index is 12.0. The number of ether oxygens (including phenoxy) is 3. The molecule has 5 nitrogen and oxygen atoms in total. The van der Waals surface area contributed by atoms with Crippen LogP contribution in [0, 0.1) is 0 Å². The normalized spacial score (nSPS) is 17.1. The van der Waals surface area contributed by atoms with Gasteiger partial charge in [0.2, 0.25) is 0 Å². The average Bonchev–Trinajstić information content (AvgIpc) is 2.74. The summed E-state index contributed by atoms with van der Waals surface area (Å²) in [6, 6.07) is 15.3. The molecule has 1 aliphatic heterocycles. The van der Waals surface area contributed by atoms with Crippen molar-refractivity contribution in [3.05, 3.63) is 53.6 Å². The van der Waals surface area contributed by atoms with Crippen LogP contribution >= 0.6 is 11.6 Å². The SMILES string of the molecule is CC(C)(C)OC(=O)CCCN1CCCCC1COc1ccc(Oc2ccc(Cl)cc2)cc1. The second-order valence-corrected chi connectivity index (χ2v) is 9.65. The smallest absolute Gasteiger partial charge is 0.306 e. The molecule has 0 radical (unpaired) electrons. The fourth-order valence-corrected chi connectivity index (χ4v) is 3.92. The molecule has 174 valence electrons. The van der Waals surface area contributed by atoms with Gasteiger partial charge in [-0.25, -0.2) is 0 Å². The highest BCUT2D eigenvalue weighted by Gasteiger charge is 2.23. The van der Waals surface area contributed by atoms with Gasteiger partial charge in [-0.1, -0.05) is 18.0 Å². The Morgan fingerprint density at radius 2 is 1.62 bits per heavy atom. The summed E-state index contributed by atoms with van der Waals surface area (Å²) in [5.74, 6) is 2.20. The van der Waals surface area contributed by atoms with Crippen LogP contribution in [0.25, 0.3) is 0 Å². The number of hydrogen-bond donors (Lipinski definition) is 0. The monoisotopic (exact) mass is 459 g/mol. The van der Waals surface area contributed by atoms with Gasteiger partial charge in [-0.2, -0.15) is 0 Å². The number of carbonyl (C=O) groups is 1. The lowest BCUT2D eigenvalue weighted by Crippen LogP contribution is -2.43. The first kappa shape index (κ1) is 24.4. The van der Waals surface area contributed by atoms with Crippen LogP contribution < -0.4 is 9.47 Å². The van der Waals surface area contributed by atoms with Gasteiger partial charge >= 0.3 is 5.97 Å². The van der Waals surface area contributed by atoms with Gasteiger partial charge in [0.1, 0.15) is 29.5 Å². The van der Waals surface area contributed by atoms with Crippen molar-refractivity contribution in [2.45, 2.75) is 64.5 Å². The summed E-state index contributed by atoms with van der Waals surface area (Å²) < 4.78 is 17.3. The Kier molecular flexibility index (Phi) is 8.83. The molecule has 32 heavy (non-hydrogen) atoms. The van der Waals surface area contributed by atoms with Gasteiger partial charge in [0.25, 0.3) is 0 Å². The molecular formula is C26H34ClNO4. The summed E-state index contributed by atoms with van der Waals surface area (Å²) in [6.45, 7) is 8.29. The molecule has 0 N–H and O–H groups in total. The van der Waals surface area contributed by atoms with Crippen molar-refractivity contribution in [1.29, 1.82) is 0 Å². The number of likely N-dealkylation sites (tertiary alicyclic amines) is 1. The third-order valence-corrected chi connectivity index (χ3v) is 5.56. The van der Waals surface area contributed by atoms with Gasteiger partial charge < -0.3 is 14.2 Å². The fourth-order valence-electron chi connectivity index (χ4n) is 3.80. The number of benzene rings is 2. The second-order valence-electron chi connectivity index (χ2n) is 9.21.